The van der Waals surface area contributed by atoms with E-state index >= 15 is 0 Å². The molecule has 0 saturated heterocycles. The average molecular weight is 267 g/mol. The fraction of sp³-hybridized carbons (Fsp3) is 0.600. The minimum atomic E-state index is 0.229. The van der Waals surface area contributed by atoms with E-state index in [9.17, 15) is 0 Å². The molecule has 0 spiro atoms. The molecule has 2 rings (SSSR count). The van der Waals surface area contributed by atoms with Gasteiger partial charge < -0.3 is 0 Å². The molecule has 0 heterocycles. The highest BCUT2D eigenvalue weighted by Gasteiger charge is 2.20. The second-order valence-corrected chi connectivity index (χ2v) is 5.82. The Labute approximate surface area is 115 Å². The van der Waals surface area contributed by atoms with Crippen LogP contribution in [0.1, 0.15) is 55.7 Å². The summed E-state index contributed by atoms with van der Waals surface area (Å²) >= 11 is 6.19. The Morgan fingerprint density at radius 2 is 2.06 bits per heavy atom. The number of hydrazine groups is 1. The van der Waals surface area contributed by atoms with Gasteiger partial charge in [0.25, 0.3) is 0 Å². The predicted octanol–water partition coefficient (Wildman–Crippen LogP) is 4.12. The molecule has 1 aliphatic carbocycles. The van der Waals surface area contributed by atoms with Crippen molar-refractivity contribution in [1.29, 1.82) is 0 Å². The van der Waals surface area contributed by atoms with Gasteiger partial charge in [0.2, 0.25) is 0 Å². The topological polar surface area (TPSA) is 38.0 Å². The molecule has 3 N–H and O–H groups in total. The summed E-state index contributed by atoms with van der Waals surface area (Å²) in [6, 6.07) is 6.31. The second kappa shape index (κ2) is 6.55. The summed E-state index contributed by atoms with van der Waals surface area (Å²) in [5.74, 6) is 6.55. The molecule has 1 unspecified atom stereocenters. The third-order valence-electron chi connectivity index (χ3n) is 4.18. The van der Waals surface area contributed by atoms with Gasteiger partial charge in [0.1, 0.15) is 0 Å². The van der Waals surface area contributed by atoms with Crippen molar-refractivity contribution in [3.8, 4) is 0 Å². The molecule has 1 fully saturated rings. The van der Waals surface area contributed by atoms with Gasteiger partial charge in [-0.05, 0) is 36.5 Å². The lowest BCUT2D eigenvalue weighted by atomic mass is 9.83. The van der Waals surface area contributed by atoms with Crippen molar-refractivity contribution in [2.75, 3.05) is 0 Å². The fourth-order valence-electron chi connectivity index (χ4n) is 3.04. The Morgan fingerprint density at radius 1 is 1.33 bits per heavy atom. The van der Waals surface area contributed by atoms with Crippen molar-refractivity contribution in [1.82, 2.24) is 5.43 Å². The van der Waals surface area contributed by atoms with Gasteiger partial charge in [-0.15, -0.1) is 0 Å². The first-order valence-corrected chi connectivity index (χ1v) is 7.31. The monoisotopic (exact) mass is 266 g/mol. The van der Waals surface area contributed by atoms with Crippen LogP contribution in [0.2, 0.25) is 5.02 Å². The number of nitrogens with two attached hydrogens (primary N) is 1. The van der Waals surface area contributed by atoms with E-state index in [1.807, 2.05) is 12.1 Å². The zero-order valence-electron chi connectivity index (χ0n) is 11.1. The first-order chi connectivity index (χ1) is 8.72. The Bertz CT molecular complexity index is 386. The maximum Gasteiger partial charge on any atom is 0.0465 e. The smallest absolute Gasteiger partial charge is 0.0465 e. The maximum atomic E-state index is 6.19. The van der Waals surface area contributed by atoms with E-state index in [4.69, 9.17) is 17.4 Å². The number of benzene rings is 1. The van der Waals surface area contributed by atoms with Crippen molar-refractivity contribution in [2.24, 2.45) is 11.8 Å². The number of hydrogen-bond acceptors (Lipinski definition) is 2. The van der Waals surface area contributed by atoms with Crippen LogP contribution in [0.25, 0.3) is 0 Å². The Hall–Kier alpha value is -0.570. The molecule has 0 aromatic heterocycles. The Balaban J connectivity index is 2.09. The first kappa shape index (κ1) is 13.9. The van der Waals surface area contributed by atoms with Gasteiger partial charge in [-0.3, -0.25) is 11.3 Å². The van der Waals surface area contributed by atoms with Crippen molar-refractivity contribution >= 4 is 11.6 Å². The lowest BCUT2D eigenvalue weighted by molar-refractivity contribution is 0.300. The minimum Gasteiger partial charge on any atom is -0.271 e. The molecular formula is C15H23ClN2. The van der Waals surface area contributed by atoms with Crippen LogP contribution in [-0.4, -0.2) is 0 Å². The van der Waals surface area contributed by atoms with E-state index < -0.39 is 0 Å². The Morgan fingerprint density at radius 3 is 2.72 bits per heavy atom. The van der Waals surface area contributed by atoms with Gasteiger partial charge in [0.05, 0.1) is 0 Å². The Kier molecular flexibility index (Phi) is 5.04. The van der Waals surface area contributed by atoms with Gasteiger partial charge >= 0.3 is 0 Å². The van der Waals surface area contributed by atoms with E-state index in [-0.39, 0.29) is 6.04 Å². The molecule has 1 aromatic rings. The molecule has 0 radical (unpaired) electrons. The number of rotatable bonds is 4. The maximum absolute atomic E-state index is 6.19. The van der Waals surface area contributed by atoms with E-state index in [1.165, 1.54) is 37.7 Å². The molecule has 1 saturated carbocycles. The fourth-order valence-corrected chi connectivity index (χ4v) is 3.22. The molecule has 3 heteroatoms. The van der Waals surface area contributed by atoms with Gasteiger partial charge in [0.15, 0.2) is 0 Å². The van der Waals surface area contributed by atoms with Crippen LogP contribution in [0, 0.1) is 12.8 Å². The molecular weight excluding hydrogens is 244 g/mol. The summed E-state index contributed by atoms with van der Waals surface area (Å²) < 4.78 is 0. The molecule has 1 aromatic carbocycles. The molecule has 0 aliphatic heterocycles. The largest absolute Gasteiger partial charge is 0.271 e. The highest BCUT2D eigenvalue weighted by Crippen LogP contribution is 2.33. The summed E-state index contributed by atoms with van der Waals surface area (Å²) in [4.78, 5) is 0. The predicted molar refractivity (Wildman–Crippen MR) is 77.4 cm³/mol. The SMILES string of the molecule is Cc1c(Cl)cccc1C(CC1CCCCC1)NN. The van der Waals surface area contributed by atoms with E-state index in [1.54, 1.807) is 0 Å². The molecule has 0 amide bonds. The standard InChI is InChI=1S/C15H23ClN2/c1-11-13(8-5-9-14(11)16)15(18-17)10-12-6-3-2-4-7-12/h5,8-9,12,15,18H,2-4,6-7,10,17H2,1H3. The van der Waals surface area contributed by atoms with Crippen LogP contribution >= 0.6 is 11.6 Å². The van der Waals surface area contributed by atoms with Gasteiger partial charge in [0, 0.05) is 11.1 Å². The highest BCUT2D eigenvalue weighted by atomic mass is 35.5. The summed E-state index contributed by atoms with van der Waals surface area (Å²) in [6.07, 6.45) is 7.95. The number of hydrogen-bond donors (Lipinski definition) is 2. The van der Waals surface area contributed by atoms with Crippen LogP contribution < -0.4 is 11.3 Å². The second-order valence-electron chi connectivity index (χ2n) is 5.41. The van der Waals surface area contributed by atoms with Gasteiger partial charge in [-0.1, -0.05) is 55.8 Å². The normalized spacial score (nSPS) is 18.8. The lowest BCUT2D eigenvalue weighted by Gasteiger charge is -2.27. The summed E-state index contributed by atoms with van der Waals surface area (Å²) in [6.45, 7) is 2.07. The zero-order valence-corrected chi connectivity index (χ0v) is 11.8. The van der Waals surface area contributed by atoms with Crippen LogP contribution in [0.3, 0.4) is 0 Å². The van der Waals surface area contributed by atoms with Crippen LogP contribution in [0.4, 0.5) is 0 Å². The first-order valence-electron chi connectivity index (χ1n) is 6.93. The van der Waals surface area contributed by atoms with Gasteiger partial charge in [-0.2, -0.15) is 0 Å². The van der Waals surface area contributed by atoms with E-state index in [0.717, 1.165) is 22.9 Å². The van der Waals surface area contributed by atoms with Crippen molar-refractivity contribution in [2.45, 2.75) is 51.5 Å². The van der Waals surface area contributed by atoms with E-state index in [0.29, 0.717) is 0 Å². The van der Waals surface area contributed by atoms with Crippen molar-refractivity contribution in [3.63, 3.8) is 0 Å². The van der Waals surface area contributed by atoms with Crippen LogP contribution in [-0.2, 0) is 0 Å². The van der Waals surface area contributed by atoms with Crippen molar-refractivity contribution < 1.29 is 0 Å². The third kappa shape index (κ3) is 3.25. The molecule has 2 nitrogen and oxygen atoms in total. The zero-order chi connectivity index (χ0) is 13.0. The average Bonchev–Trinajstić information content (AvgIpc) is 2.41. The number of nitrogens with one attached hydrogen (secondary N) is 1. The summed E-state index contributed by atoms with van der Waals surface area (Å²) in [5.41, 5.74) is 5.37. The number of halogens is 1. The lowest BCUT2D eigenvalue weighted by Crippen LogP contribution is -2.30. The quantitative estimate of drug-likeness (QED) is 0.635. The molecule has 1 aliphatic rings. The van der Waals surface area contributed by atoms with Crippen LogP contribution in [0.15, 0.2) is 18.2 Å². The minimum absolute atomic E-state index is 0.229. The van der Waals surface area contributed by atoms with E-state index in [2.05, 4.69) is 18.4 Å². The summed E-state index contributed by atoms with van der Waals surface area (Å²) in [5, 5.41) is 0.830. The van der Waals surface area contributed by atoms with Gasteiger partial charge in [-0.25, -0.2) is 0 Å². The third-order valence-corrected chi connectivity index (χ3v) is 4.59. The molecule has 0 bridgehead atoms. The van der Waals surface area contributed by atoms with Crippen LogP contribution in [0.5, 0.6) is 0 Å². The summed E-state index contributed by atoms with van der Waals surface area (Å²) in [7, 11) is 0. The molecule has 100 valence electrons. The highest BCUT2D eigenvalue weighted by molar-refractivity contribution is 6.31. The molecule has 1 atom stereocenters. The molecule has 18 heavy (non-hydrogen) atoms. The van der Waals surface area contributed by atoms with Crippen molar-refractivity contribution in [3.05, 3.63) is 34.3 Å².